The van der Waals surface area contributed by atoms with E-state index in [4.69, 9.17) is 10.2 Å². The Labute approximate surface area is 211 Å². The normalized spacial score (nSPS) is 16.5. The maximum absolute atomic E-state index is 13.8. The summed E-state index contributed by atoms with van der Waals surface area (Å²) in [5.41, 5.74) is 1.86. The zero-order valence-electron chi connectivity index (χ0n) is 20.8. The highest BCUT2D eigenvalue weighted by Crippen LogP contribution is 2.37. The fourth-order valence-electron chi connectivity index (χ4n) is 5.19. The molecule has 1 unspecified atom stereocenters. The summed E-state index contributed by atoms with van der Waals surface area (Å²) in [7, 11) is -3.87. The number of nitrogens with one attached hydrogen (secondary N) is 1. The highest BCUT2D eigenvalue weighted by Gasteiger charge is 2.31. The quantitative estimate of drug-likeness (QED) is 0.366. The van der Waals surface area contributed by atoms with Crippen LogP contribution in [0.15, 0.2) is 52.5 Å². The van der Waals surface area contributed by atoms with Crippen molar-refractivity contribution in [1.82, 2.24) is 24.4 Å². The number of hydrogen-bond donors (Lipinski definition) is 1. The molecule has 3 aromatic heterocycles. The highest BCUT2D eigenvalue weighted by atomic mass is 32.2. The molecule has 0 saturated carbocycles. The largest absolute Gasteiger partial charge is 0.346 e. The van der Waals surface area contributed by atoms with Crippen molar-refractivity contribution in [2.24, 2.45) is 5.92 Å². The molecule has 1 aliphatic rings. The van der Waals surface area contributed by atoms with Crippen LogP contribution in [-0.2, 0) is 16.3 Å². The Hall–Kier alpha value is -3.22. The molecule has 0 bridgehead atoms. The minimum atomic E-state index is -3.87. The van der Waals surface area contributed by atoms with Crippen LogP contribution in [0.1, 0.15) is 51.4 Å². The summed E-state index contributed by atoms with van der Waals surface area (Å²) < 4.78 is 29.9. The number of piperidine rings is 1. The number of hydrogen-bond acceptors (Lipinski definition) is 6. The number of imidazole rings is 1. The molecule has 4 heterocycles. The summed E-state index contributed by atoms with van der Waals surface area (Å²) in [5, 5.41) is 9.87. The fraction of sp³-hybridized carbons (Fsp3) is 0.444. The van der Waals surface area contributed by atoms with E-state index in [2.05, 4.69) is 39.4 Å². The zero-order valence-corrected chi connectivity index (χ0v) is 21.6. The average Bonchev–Trinajstić information content (AvgIpc) is 3.52. The number of aromatic nitrogens is 4. The maximum Gasteiger partial charge on any atom is 0.226 e. The number of rotatable bonds is 8. The Balaban J connectivity index is 1.70. The van der Waals surface area contributed by atoms with E-state index in [9.17, 15) is 8.42 Å². The Morgan fingerprint density at radius 3 is 2.61 bits per heavy atom. The van der Waals surface area contributed by atoms with Crippen LogP contribution < -0.4 is 0 Å². The van der Waals surface area contributed by atoms with Crippen molar-refractivity contribution in [3.05, 3.63) is 48.4 Å². The van der Waals surface area contributed by atoms with E-state index in [1.807, 2.05) is 12.3 Å². The number of aromatic amines is 1. The van der Waals surface area contributed by atoms with Crippen molar-refractivity contribution in [3.63, 3.8) is 0 Å². The molecule has 1 atom stereocenters. The molecule has 1 aliphatic heterocycles. The Morgan fingerprint density at radius 1 is 1.17 bits per heavy atom. The molecule has 36 heavy (non-hydrogen) atoms. The van der Waals surface area contributed by atoms with Crippen LogP contribution in [0.25, 0.3) is 22.1 Å². The predicted molar refractivity (Wildman–Crippen MR) is 139 cm³/mol. The fourth-order valence-corrected chi connectivity index (χ4v) is 6.53. The number of nitrogens with zero attached hydrogens (tertiary/aromatic N) is 5. The third-order valence-corrected chi connectivity index (χ3v) is 9.06. The first kappa shape index (κ1) is 24.5. The summed E-state index contributed by atoms with van der Waals surface area (Å²) in [6.45, 7) is 6.98. The smallest absolute Gasteiger partial charge is 0.226 e. The van der Waals surface area contributed by atoms with Gasteiger partial charge in [-0.2, -0.15) is 5.26 Å². The van der Waals surface area contributed by atoms with Crippen LogP contribution in [0.4, 0.5) is 0 Å². The van der Waals surface area contributed by atoms with Gasteiger partial charge in [0.15, 0.2) is 5.03 Å². The molecule has 8 nitrogen and oxygen atoms in total. The summed E-state index contributed by atoms with van der Waals surface area (Å²) in [5.74, 6) is 1.34. The lowest BCUT2D eigenvalue weighted by Gasteiger charge is -2.33. The van der Waals surface area contributed by atoms with Gasteiger partial charge in [0.2, 0.25) is 9.84 Å². The van der Waals surface area contributed by atoms with Gasteiger partial charge in [-0.3, -0.25) is 0 Å². The molecule has 0 amide bonds. The van der Waals surface area contributed by atoms with E-state index in [0.717, 1.165) is 62.0 Å². The lowest BCUT2D eigenvalue weighted by molar-refractivity contribution is 0.190. The summed E-state index contributed by atoms with van der Waals surface area (Å²) >= 11 is 0. The molecule has 0 radical (unpaired) electrons. The third kappa shape index (κ3) is 4.40. The maximum atomic E-state index is 13.8. The molecule has 1 fully saturated rings. The van der Waals surface area contributed by atoms with Crippen molar-refractivity contribution < 1.29 is 8.42 Å². The van der Waals surface area contributed by atoms with Gasteiger partial charge in [0.25, 0.3) is 0 Å². The Morgan fingerprint density at radius 2 is 1.92 bits per heavy atom. The van der Waals surface area contributed by atoms with Gasteiger partial charge < -0.3 is 14.5 Å². The van der Waals surface area contributed by atoms with E-state index < -0.39 is 9.84 Å². The van der Waals surface area contributed by atoms with Crippen LogP contribution in [-0.4, -0.2) is 52.5 Å². The third-order valence-electron chi connectivity index (χ3n) is 7.38. The Kier molecular flexibility index (Phi) is 6.82. The van der Waals surface area contributed by atoms with E-state index >= 15 is 0 Å². The van der Waals surface area contributed by atoms with Crippen molar-refractivity contribution in [2.75, 3.05) is 19.6 Å². The molecule has 1 saturated heterocycles. The van der Waals surface area contributed by atoms with Crippen molar-refractivity contribution in [3.8, 4) is 6.07 Å². The van der Waals surface area contributed by atoms with Gasteiger partial charge in [0.05, 0.1) is 16.5 Å². The molecular weight excluding hydrogens is 472 g/mol. The summed E-state index contributed by atoms with van der Waals surface area (Å²) in [6.07, 6.45) is 6.00. The number of sulfone groups is 1. The molecular formula is C27H32N6O2S. The lowest BCUT2D eigenvalue weighted by atomic mass is 10.0. The van der Waals surface area contributed by atoms with E-state index in [1.54, 1.807) is 30.3 Å². The van der Waals surface area contributed by atoms with Gasteiger partial charge in [-0.25, -0.2) is 18.4 Å². The first-order chi connectivity index (χ1) is 17.4. The minimum absolute atomic E-state index is 0.00857. The van der Waals surface area contributed by atoms with Crippen molar-refractivity contribution in [2.45, 2.75) is 61.9 Å². The van der Waals surface area contributed by atoms with E-state index in [0.29, 0.717) is 23.5 Å². The van der Waals surface area contributed by atoms with Gasteiger partial charge in [-0.15, -0.1) is 0 Å². The van der Waals surface area contributed by atoms with Crippen LogP contribution in [0.2, 0.25) is 0 Å². The number of nitriles is 1. The second-order valence-corrected chi connectivity index (χ2v) is 11.6. The monoisotopic (exact) mass is 504 g/mol. The molecule has 1 aromatic carbocycles. The molecule has 5 rings (SSSR count). The second kappa shape index (κ2) is 10.0. The SMILES string of the molecule is CCC(C)Cc1nc2c(S(=O)(=O)c3ccccc3)nc3[nH]ccc3c2n1C1CCN(CCC#N)CC1. The first-order valence-electron chi connectivity index (χ1n) is 12.7. The minimum Gasteiger partial charge on any atom is -0.346 e. The molecule has 4 aromatic rings. The average molecular weight is 505 g/mol. The summed E-state index contributed by atoms with van der Waals surface area (Å²) in [6, 6.07) is 12.9. The van der Waals surface area contributed by atoms with Crippen LogP contribution in [0.5, 0.6) is 0 Å². The highest BCUT2D eigenvalue weighted by molar-refractivity contribution is 7.91. The van der Waals surface area contributed by atoms with Crippen LogP contribution >= 0.6 is 0 Å². The first-order valence-corrected chi connectivity index (χ1v) is 14.2. The van der Waals surface area contributed by atoms with E-state index in [-0.39, 0.29) is 16.0 Å². The molecule has 0 aliphatic carbocycles. The molecule has 9 heteroatoms. The van der Waals surface area contributed by atoms with Gasteiger partial charge in [-0.1, -0.05) is 38.5 Å². The standard InChI is InChI=1S/C27H32N6O2S/c1-3-19(2)18-23-30-24-25(33(23)20-11-16-32(17-12-20)15-7-13-28)22-10-14-29-26(22)31-27(24)36(34,35)21-8-5-4-6-9-21/h4-6,8-10,14,19-20H,3,7,11-12,15-18H2,1-2H3,(H,29,31). The van der Waals surface area contributed by atoms with Gasteiger partial charge >= 0.3 is 0 Å². The van der Waals surface area contributed by atoms with Gasteiger partial charge in [-0.05, 0) is 37.0 Å². The number of pyridine rings is 1. The van der Waals surface area contributed by atoms with Gasteiger partial charge in [0, 0.05) is 50.1 Å². The van der Waals surface area contributed by atoms with Crippen molar-refractivity contribution >= 4 is 31.9 Å². The number of fused-ring (bicyclic) bond motifs is 3. The topological polar surface area (TPSA) is 108 Å². The van der Waals surface area contributed by atoms with Crippen LogP contribution in [0.3, 0.4) is 0 Å². The second-order valence-electron chi connectivity index (χ2n) is 9.77. The Bertz CT molecular complexity index is 1510. The van der Waals surface area contributed by atoms with Crippen molar-refractivity contribution in [1.29, 1.82) is 5.26 Å². The molecule has 0 spiro atoms. The van der Waals surface area contributed by atoms with Gasteiger partial charge in [0.1, 0.15) is 17.0 Å². The molecule has 188 valence electrons. The van der Waals surface area contributed by atoms with E-state index in [1.165, 1.54) is 0 Å². The predicted octanol–water partition coefficient (Wildman–Crippen LogP) is 4.88. The number of benzene rings is 1. The zero-order chi connectivity index (χ0) is 25.3. The lowest BCUT2D eigenvalue weighted by Crippen LogP contribution is -2.35. The summed E-state index contributed by atoms with van der Waals surface area (Å²) in [4.78, 5) is 15.3. The molecule has 1 N–H and O–H groups in total. The number of H-pyrrole nitrogens is 1. The number of likely N-dealkylation sites (tertiary alicyclic amines) is 1. The van der Waals surface area contributed by atoms with Crippen LogP contribution in [0, 0.1) is 17.2 Å².